The summed E-state index contributed by atoms with van der Waals surface area (Å²) in [6, 6.07) is 6.20. The third-order valence-electron chi connectivity index (χ3n) is 4.64. The Hall–Kier alpha value is -1.05. The topological polar surface area (TPSA) is 27.7 Å². The number of alkyl halides is 6. The highest BCUT2D eigenvalue weighted by Crippen LogP contribution is 2.61. The van der Waals surface area contributed by atoms with Crippen LogP contribution in [0.1, 0.15) is 0 Å². The van der Waals surface area contributed by atoms with E-state index in [9.17, 15) is 26.3 Å². The van der Waals surface area contributed by atoms with Gasteiger partial charge in [0.05, 0.1) is 0 Å². The van der Waals surface area contributed by atoms with E-state index in [0.29, 0.717) is 0 Å². The minimum atomic E-state index is -5.20. The Morgan fingerprint density at radius 3 is 1.59 bits per heavy atom. The fourth-order valence-corrected chi connectivity index (χ4v) is 7.24. The van der Waals surface area contributed by atoms with Crippen LogP contribution in [0.15, 0.2) is 30.3 Å². The van der Waals surface area contributed by atoms with Crippen molar-refractivity contribution in [3.63, 3.8) is 0 Å². The van der Waals surface area contributed by atoms with Crippen LogP contribution in [0, 0.1) is 0 Å². The van der Waals surface area contributed by atoms with Crippen molar-refractivity contribution in [1.29, 1.82) is 0 Å². The van der Waals surface area contributed by atoms with E-state index in [1.54, 1.807) is 14.2 Å². The van der Waals surface area contributed by atoms with Crippen LogP contribution in [-0.4, -0.2) is 53.8 Å². The van der Waals surface area contributed by atoms with Crippen molar-refractivity contribution in [2.75, 3.05) is 14.2 Å². The molecule has 0 radical (unpaired) electrons. The molecule has 0 N–H and O–H groups in total. The number of rotatable bonds is 5. The van der Waals surface area contributed by atoms with E-state index in [-0.39, 0.29) is 0 Å². The van der Waals surface area contributed by atoms with Crippen LogP contribution < -0.4 is 4.74 Å². The zero-order valence-corrected chi connectivity index (χ0v) is 18.0. The Kier molecular flexibility index (Phi) is 6.90. The molecule has 1 saturated carbocycles. The van der Waals surface area contributed by atoms with Crippen LogP contribution in [0.2, 0.25) is 26.2 Å². The first-order chi connectivity index (χ1) is 12.1. The van der Waals surface area contributed by atoms with Gasteiger partial charge < -0.3 is 13.6 Å². The van der Waals surface area contributed by atoms with Gasteiger partial charge in [-0.25, -0.2) is 4.39 Å². The van der Waals surface area contributed by atoms with E-state index in [1.165, 1.54) is 18.2 Å². The first-order valence-electron chi connectivity index (χ1n) is 8.03. The normalized spacial score (nSPS) is 26.4. The molecule has 2 unspecified atom stereocenters. The van der Waals surface area contributed by atoms with Crippen LogP contribution in [0.5, 0.6) is 5.75 Å². The van der Waals surface area contributed by atoms with Crippen molar-refractivity contribution in [1.82, 2.24) is 0 Å². The number of benzene rings is 1. The van der Waals surface area contributed by atoms with Crippen molar-refractivity contribution < 1.29 is 39.9 Å². The molecule has 0 saturated heterocycles. The Morgan fingerprint density at radius 2 is 1.30 bits per heavy atom. The van der Waals surface area contributed by atoms with Gasteiger partial charge in [-0.05, 0) is 18.7 Å². The molecule has 11 heteroatoms. The molecule has 27 heavy (non-hydrogen) atoms. The van der Waals surface area contributed by atoms with Gasteiger partial charge in [-0.15, -0.1) is 0 Å². The molecule has 0 aromatic heterocycles. The molecule has 0 amide bonds. The average molecular weight is 435 g/mol. The second kappa shape index (κ2) is 7.76. The maximum atomic E-state index is 13.4. The lowest BCUT2D eigenvalue weighted by atomic mass is 9.80. The Bertz CT molecular complexity index is 622. The summed E-state index contributed by atoms with van der Waals surface area (Å²) >= 11 is 0. The standard InChI is InChI=1S/C10H6F6O.C6H18O2Si2/c11-7-8(12,13)10(15,16)9(7,14)17-6-4-2-1-3-5-6;1-7-10(6,8-2)9(3,4)5/h1-5,7H;1-6H3. The summed E-state index contributed by atoms with van der Waals surface area (Å²) in [5.41, 5.74) is 0. The molecule has 0 aliphatic heterocycles. The smallest absolute Gasteiger partial charge is 0.384 e. The molecule has 0 bridgehead atoms. The van der Waals surface area contributed by atoms with Crippen molar-refractivity contribution >= 4 is 15.7 Å². The molecule has 1 aliphatic rings. The van der Waals surface area contributed by atoms with Crippen LogP contribution in [0.4, 0.5) is 26.3 Å². The van der Waals surface area contributed by atoms with Crippen molar-refractivity contribution in [3.05, 3.63) is 30.3 Å². The molecule has 0 spiro atoms. The molecular weight excluding hydrogens is 410 g/mol. The second-order valence-corrected chi connectivity index (χ2v) is 21.7. The molecule has 2 rings (SSSR count). The number of hydrogen-bond donors (Lipinski definition) is 0. The van der Waals surface area contributed by atoms with E-state index in [2.05, 4.69) is 30.9 Å². The van der Waals surface area contributed by atoms with Crippen molar-refractivity contribution in [2.45, 2.75) is 50.1 Å². The SMILES string of the molecule is CO[Si](C)(OC)[Si](C)(C)C.FC1C(F)(F)C(F)(F)C1(F)Oc1ccccc1. The van der Waals surface area contributed by atoms with Gasteiger partial charge in [0.15, 0.2) is 0 Å². The summed E-state index contributed by atoms with van der Waals surface area (Å²) in [5.74, 6) is -15.0. The van der Waals surface area contributed by atoms with Crippen LogP contribution >= 0.6 is 0 Å². The quantitative estimate of drug-likeness (QED) is 0.476. The zero-order chi connectivity index (χ0) is 21.3. The summed E-state index contributed by atoms with van der Waals surface area (Å²) in [7, 11) is 0.539. The summed E-state index contributed by atoms with van der Waals surface area (Å²) in [4.78, 5) is 0. The molecule has 156 valence electrons. The Labute approximate surface area is 156 Å². The zero-order valence-electron chi connectivity index (χ0n) is 16.0. The van der Waals surface area contributed by atoms with Crippen molar-refractivity contribution in [2.24, 2.45) is 0 Å². The van der Waals surface area contributed by atoms with E-state index in [1.807, 2.05) is 0 Å². The molecule has 2 atom stereocenters. The third kappa shape index (κ3) is 4.05. The highest BCUT2D eigenvalue weighted by atomic mass is 29.3. The van der Waals surface area contributed by atoms with Crippen LogP contribution in [-0.2, 0) is 8.85 Å². The minimum Gasteiger partial charge on any atom is -0.450 e. The number of ether oxygens (including phenoxy) is 1. The van der Waals surface area contributed by atoms with E-state index in [4.69, 9.17) is 8.85 Å². The van der Waals surface area contributed by atoms with Crippen molar-refractivity contribution in [3.8, 4) is 5.75 Å². The van der Waals surface area contributed by atoms with E-state index < -0.39 is 45.3 Å². The monoisotopic (exact) mass is 434 g/mol. The predicted octanol–water partition coefficient (Wildman–Crippen LogP) is 5.12. The van der Waals surface area contributed by atoms with Gasteiger partial charge in [-0.1, -0.05) is 37.8 Å². The predicted molar refractivity (Wildman–Crippen MR) is 94.7 cm³/mol. The number of hydrogen-bond acceptors (Lipinski definition) is 3. The van der Waals surface area contributed by atoms with Gasteiger partial charge >= 0.3 is 25.8 Å². The summed E-state index contributed by atoms with van der Waals surface area (Å²) in [5, 5.41) is 0. The average Bonchev–Trinajstić information content (AvgIpc) is 2.60. The Morgan fingerprint density at radius 1 is 0.852 bits per heavy atom. The van der Waals surface area contributed by atoms with Gasteiger partial charge in [0, 0.05) is 14.2 Å². The highest BCUT2D eigenvalue weighted by Gasteiger charge is 2.92. The fraction of sp³-hybridized carbons (Fsp3) is 0.625. The summed E-state index contributed by atoms with van der Waals surface area (Å²) in [6.07, 6.45) is -3.70. The van der Waals surface area contributed by atoms with Crippen LogP contribution in [0.3, 0.4) is 0 Å². The lowest BCUT2D eigenvalue weighted by molar-refractivity contribution is -0.445. The molecule has 1 aromatic rings. The Balaban J connectivity index is 0.000000314. The van der Waals surface area contributed by atoms with Gasteiger partial charge in [-0.2, -0.15) is 22.0 Å². The van der Waals surface area contributed by atoms with E-state index >= 15 is 0 Å². The van der Waals surface area contributed by atoms with Gasteiger partial charge in [-0.3, -0.25) is 0 Å². The molecule has 0 heterocycles. The van der Waals surface area contributed by atoms with Gasteiger partial charge in [0.2, 0.25) is 6.17 Å². The fourth-order valence-electron chi connectivity index (χ4n) is 2.17. The number of para-hydroxylation sites is 1. The number of halogens is 6. The lowest BCUT2D eigenvalue weighted by Gasteiger charge is -2.49. The first kappa shape index (κ1) is 24.0. The second-order valence-electron chi connectivity index (χ2n) is 7.22. The minimum absolute atomic E-state index is 0.451. The van der Waals surface area contributed by atoms with Crippen LogP contribution in [0.25, 0.3) is 0 Å². The molecule has 1 fully saturated rings. The molecule has 3 nitrogen and oxygen atoms in total. The molecular formula is C16H24F6O3Si2. The first-order valence-corrected chi connectivity index (χ1v) is 14.9. The maximum absolute atomic E-state index is 13.4. The van der Waals surface area contributed by atoms with Gasteiger partial charge in [0.25, 0.3) is 0 Å². The summed E-state index contributed by atoms with van der Waals surface area (Å²) < 4.78 is 91.7. The summed E-state index contributed by atoms with van der Waals surface area (Å²) in [6.45, 7) is 8.99. The largest absolute Gasteiger partial charge is 0.450 e. The third-order valence-corrected chi connectivity index (χ3v) is 18.3. The molecule has 1 aliphatic carbocycles. The highest BCUT2D eigenvalue weighted by molar-refractivity contribution is 7.35. The van der Waals surface area contributed by atoms with E-state index in [0.717, 1.165) is 12.1 Å². The lowest BCUT2D eigenvalue weighted by Crippen LogP contribution is -2.80. The van der Waals surface area contributed by atoms with Gasteiger partial charge in [0.1, 0.15) is 13.3 Å². The molecule has 1 aromatic carbocycles. The maximum Gasteiger partial charge on any atom is 0.384 e.